The van der Waals surface area contributed by atoms with E-state index in [9.17, 15) is 14.7 Å². The van der Waals surface area contributed by atoms with Crippen LogP contribution in [-0.4, -0.2) is 35.4 Å². The summed E-state index contributed by atoms with van der Waals surface area (Å²) in [6.07, 6.45) is 7.86. The largest absolute Gasteiger partial charge is 0.460 e. The molecule has 118 valence electrons. The number of aliphatic hydroxyl groups is 1. The molecule has 5 heteroatoms. The highest BCUT2D eigenvalue weighted by Gasteiger charge is 2.11. The summed E-state index contributed by atoms with van der Waals surface area (Å²) in [6, 6.07) is 0. The predicted octanol–water partition coefficient (Wildman–Crippen LogP) is 2.29. The monoisotopic (exact) mass is 296 g/mol. The molecule has 0 saturated heterocycles. The summed E-state index contributed by atoms with van der Waals surface area (Å²) in [6.45, 7) is 3.60. The number of allylic oxidation sites excluding steroid dienone is 1. The lowest BCUT2D eigenvalue weighted by Crippen LogP contribution is -2.17. The second-order valence-corrected chi connectivity index (χ2v) is 5.33. The minimum absolute atomic E-state index is 0.187. The molecule has 0 bridgehead atoms. The average molecular weight is 296 g/mol. The fraction of sp³-hybridized carbons (Fsp3) is 0.625. The minimum Gasteiger partial charge on any atom is -0.460 e. The molecule has 1 rings (SSSR count). The molecule has 0 saturated carbocycles. The zero-order chi connectivity index (χ0) is 15.7. The predicted molar refractivity (Wildman–Crippen MR) is 78.5 cm³/mol. The molecule has 0 radical (unpaired) electrons. The lowest BCUT2D eigenvalue weighted by molar-refractivity contribution is -0.143. The van der Waals surface area contributed by atoms with E-state index >= 15 is 0 Å². The molecule has 1 heterocycles. The highest BCUT2D eigenvalue weighted by Crippen LogP contribution is 2.09. The second-order valence-electron chi connectivity index (χ2n) is 5.33. The van der Waals surface area contributed by atoms with Crippen LogP contribution in [0.4, 0.5) is 0 Å². The van der Waals surface area contributed by atoms with Gasteiger partial charge in [0, 0.05) is 12.2 Å². The van der Waals surface area contributed by atoms with Crippen LogP contribution in [0.3, 0.4) is 0 Å². The van der Waals surface area contributed by atoms with E-state index in [1.165, 1.54) is 18.2 Å². The van der Waals surface area contributed by atoms with E-state index in [0.29, 0.717) is 12.8 Å². The molecule has 1 N–H and O–H groups in total. The number of hydrogen-bond acceptors (Lipinski definition) is 5. The van der Waals surface area contributed by atoms with Crippen molar-refractivity contribution in [2.75, 3.05) is 0 Å². The number of aliphatic hydroxyl groups excluding tert-OH is 1. The summed E-state index contributed by atoms with van der Waals surface area (Å²) in [7, 11) is 0. The number of rotatable bonds is 0. The van der Waals surface area contributed by atoms with Gasteiger partial charge in [-0.2, -0.15) is 0 Å². The van der Waals surface area contributed by atoms with E-state index in [-0.39, 0.29) is 18.2 Å². The summed E-state index contributed by atoms with van der Waals surface area (Å²) in [5, 5.41) is 9.74. The Kier molecular flexibility index (Phi) is 7.75. The molecule has 0 aromatic rings. The number of hydrogen-bond donors (Lipinski definition) is 1. The van der Waals surface area contributed by atoms with Crippen LogP contribution in [0.1, 0.15) is 46.0 Å². The van der Waals surface area contributed by atoms with Crippen LogP contribution < -0.4 is 0 Å². The van der Waals surface area contributed by atoms with Crippen molar-refractivity contribution in [3.8, 4) is 0 Å². The van der Waals surface area contributed by atoms with E-state index in [2.05, 4.69) is 0 Å². The quantitative estimate of drug-likeness (QED) is 0.694. The van der Waals surface area contributed by atoms with Crippen molar-refractivity contribution in [3.05, 3.63) is 24.3 Å². The highest BCUT2D eigenvalue weighted by atomic mass is 16.5. The van der Waals surface area contributed by atoms with Crippen LogP contribution in [0, 0.1) is 0 Å². The van der Waals surface area contributed by atoms with E-state index in [4.69, 9.17) is 9.47 Å². The third kappa shape index (κ3) is 8.30. The Balaban J connectivity index is 2.62. The zero-order valence-electron chi connectivity index (χ0n) is 12.7. The molecule has 1 aliphatic heterocycles. The summed E-state index contributed by atoms with van der Waals surface area (Å²) in [5.74, 6) is -0.803. The number of esters is 2. The standard InChI is InChI=1S/C16H24O5/c1-12-6-4-3-5-7-15(18)21-13(2)8-9-14(17)10-11-16(19)20-12/h5,7,10-14,17H,3-4,6,8-9H2,1-2H3. The maximum atomic E-state index is 11.5. The summed E-state index contributed by atoms with van der Waals surface area (Å²) in [4.78, 5) is 23.1. The van der Waals surface area contributed by atoms with E-state index in [0.717, 1.165) is 19.3 Å². The van der Waals surface area contributed by atoms with Crippen molar-refractivity contribution in [3.63, 3.8) is 0 Å². The normalized spacial score (nSPS) is 29.8. The van der Waals surface area contributed by atoms with Crippen molar-refractivity contribution in [2.24, 2.45) is 0 Å². The van der Waals surface area contributed by atoms with Gasteiger partial charge in [0.2, 0.25) is 0 Å². The van der Waals surface area contributed by atoms with Gasteiger partial charge in [0.25, 0.3) is 0 Å². The molecule has 3 atom stereocenters. The Hall–Kier alpha value is -1.62. The third-order valence-corrected chi connectivity index (χ3v) is 3.19. The number of carbonyl (C=O) groups excluding carboxylic acids is 2. The van der Waals surface area contributed by atoms with Crippen molar-refractivity contribution >= 4 is 11.9 Å². The third-order valence-electron chi connectivity index (χ3n) is 3.19. The Labute approximate surface area is 125 Å². The fourth-order valence-corrected chi connectivity index (χ4v) is 1.99. The molecular formula is C16H24O5. The summed E-state index contributed by atoms with van der Waals surface area (Å²) >= 11 is 0. The van der Waals surface area contributed by atoms with Gasteiger partial charge in [0.15, 0.2) is 0 Å². The van der Waals surface area contributed by atoms with Crippen LogP contribution in [0.15, 0.2) is 24.3 Å². The van der Waals surface area contributed by atoms with E-state index in [1.807, 2.05) is 6.92 Å². The van der Waals surface area contributed by atoms with Gasteiger partial charge >= 0.3 is 11.9 Å². The maximum absolute atomic E-state index is 11.5. The Morgan fingerprint density at radius 2 is 1.62 bits per heavy atom. The minimum atomic E-state index is -0.752. The van der Waals surface area contributed by atoms with Gasteiger partial charge in [-0.3, -0.25) is 0 Å². The Bertz CT molecular complexity index is 399. The molecule has 3 unspecified atom stereocenters. The molecule has 1 aliphatic rings. The van der Waals surface area contributed by atoms with Gasteiger partial charge in [-0.1, -0.05) is 6.08 Å². The van der Waals surface area contributed by atoms with Crippen LogP contribution in [0.2, 0.25) is 0 Å². The van der Waals surface area contributed by atoms with Crippen molar-refractivity contribution in [1.82, 2.24) is 0 Å². The molecule has 0 spiro atoms. The Morgan fingerprint density at radius 3 is 2.33 bits per heavy atom. The number of carbonyl (C=O) groups is 2. The van der Waals surface area contributed by atoms with Crippen LogP contribution in [-0.2, 0) is 19.1 Å². The lowest BCUT2D eigenvalue weighted by atomic mass is 10.1. The SMILES string of the molecule is CC1CCCC=CC(=O)OC(C)CCC(O)C=CC(=O)O1. The molecule has 0 amide bonds. The summed E-state index contributed by atoms with van der Waals surface area (Å²) < 4.78 is 10.4. The number of ether oxygens (including phenoxy) is 2. The van der Waals surface area contributed by atoms with Crippen LogP contribution in [0.5, 0.6) is 0 Å². The maximum Gasteiger partial charge on any atom is 0.330 e. The highest BCUT2D eigenvalue weighted by molar-refractivity contribution is 5.82. The van der Waals surface area contributed by atoms with Crippen molar-refractivity contribution in [2.45, 2.75) is 64.3 Å². The van der Waals surface area contributed by atoms with Gasteiger partial charge in [0.1, 0.15) is 0 Å². The van der Waals surface area contributed by atoms with E-state index in [1.54, 1.807) is 13.0 Å². The van der Waals surface area contributed by atoms with Gasteiger partial charge in [0.05, 0.1) is 18.3 Å². The first kappa shape index (κ1) is 17.4. The first-order chi connectivity index (χ1) is 9.97. The van der Waals surface area contributed by atoms with E-state index < -0.39 is 12.1 Å². The van der Waals surface area contributed by atoms with Crippen LogP contribution >= 0.6 is 0 Å². The van der Waals surface area contributed by atoms with Gasteiger partial charge < -0.3 is 14.6 Å². The topological polar surface area (TPSA) is 72.8 Å². The average Bonchev–Trinajstić information content (AvgIpc) is 2.41. The molecule has 0 aromatic carbocycles. The first-order valence-electron chi connectivity index (χ1n) is 7.41. The lowest BCUT2D eigenvalue weighted by Gasteiger charge is -2.14. The van der Waals surface area contributed by atoms with Gasteiger partial charge in [-0.05, 0) is 52.0 Å². The fourth-order valence-electron chi connectivity index (χ4n) is 1.99. The zero-order valence-corrected chi connectivity index (χ0v) is 12.7. The molecule has 0 aromatic heterocycles. The van der Waals surface area contributed by atoms with Gasteiger partial charge in [-0.15, -0.1) is 0 Å². The first-order valence-corrected chi connectivity index (χ1v) is 7.41. The summed E-state index contributed by atoms with van der Waals surface area (Å²) in [5.41, 5.74) is 0. The van der Waals surface area contributed by atoms with Crippen LogP contribution in [0.25, 0.3) is 0 Å². The Morgan fingerprint density at radius 1 is 1.00 bits per heavy atom. The molecular weight excluding hydrogens is 272 g/mol. The van der Waals surface area contributed by atoms with Crippen molar-refractivity contribution in [1.29, 1.82) is 0 Å². The molecule has 0 aliphatic carbocycles. The number of cyclic esters (lactones) is 2. The molecule has 21 heavy (non-hydrogen) atoms. The smallest absolute Gasteiger partial charge is 0.330 e. The molecule has 0 fully saturated rings. The second kappa shape index (κ2) is 9.34. The molecule has 5 nitrogen and oxygen atoms in total. The van der Waals surface area contributed by atoms with Crippen molar-refractivity contribution < 1.29 is 24.2 Å². The van der Waals surface area contributed by atoms with Gasteiger partial charge in [-0.25, -0.2) is 9.59 Å².